The summed E-state index contributed by atoms with van der Waals surface area (Å²) >= 11 is 3.63. The number of rotatable bonds is 8. The van der Waals surface area contributed by atoms with E-state index in [4.69, 9.17) is 4.74 Å². The first-order valence-corrected chi connectivity index (χ1v) is 7.61. The number of alkyl halides is 1. The molecule has 1 atom stereocenters. The van der Waals surface area contributed by atoms with Crippen LogP contribution in [0.4, 0.5) is 0 Å². The van der Waals surface area contributed by atoms with Crippen LogP contribution in [-0.4, -0.2) is 12.4 Å². The summed E-state index contributed by atoms with van der Waals surface area (Å²) in [5, 5.41) is 1.09. The second-order valence-corrected chi connectivity index (χ2v) is 5.22. The van der Waals surface area contributed by atoms with Gasteiger partial charge in [-0.05, 0) is 36.5 Å². The zero-order valence-corrected chi connectivity index (χ0v) is 12.5. The molecule has 2 heteroatoms. The van der Waals surface area contributed by atoms with Crippen molar-refractivity contribution in [3.8, 4) is 5.75 Å². The third-order valence-electron chi connectivity index (χ3n) is 3.09. The van der Waals surface area contributed by atoms with E-state index in [2.05, 4.69) is 41.1 Å². The molecule has 0 saturated carbocycles. The van der Waals surface area contributed by atoms with E-state index in [0.29, 0.717) is 0 Å². The number of benzene rings is 1. The van der Waals surface area contributed by atoms with Gasteiger partial charge >= 0.3 is 0 Å². The van der Waals surface area contributed by atoms with Gasteiger partial charge in [0.1, 0.15) is 5.75 Å². The molecule has 1 aromatic carbocycles. The zero-order valence-electron chi connectivity index (χ0n) is 10.9. The van der Waals surface area contributed by atoms with Crippen molar-refractivity contribution >= 4 is 15.9 Å². The molecule has 1 aromatic rings. The third kappa shape index (κ3) is 5.58. The van der Waals surface area contributed by atoms with Gasteiger partial charge in [0.2, 0.25) is 0 Å². The van der Waals surface area contributed by atoms with Crippen molar-refractivity contribution in [2.24, 2.45) is 5.92 Å². The average Bonchev–Trinajstić information content (AvgIpc) is 2.38. The van der Waals surface area contributed by atoms with E-state index in [1.165, 1.54) is 31.2 Å². The lowest BCUT2D eigenvalue weighted by Crippen LogP contribution is -2.06. The van der Waals surface area contributed by atoms with Crippen molar-refractivity contribution in [1.82, 2.24) is 0 Å². The van der Waals surface area contributed by atoms with Crippen molar-refractivity contribution in [3.63, 3.8) is 0 Å². The molecule has 1 nitrogen and oxygen atoms in total. The summed E-state index contributed by atoms with van der Waals surface area (Å²) in [4.78, 5) is 0. The predicted octanol–water partition coefficient (Wildman–Crippen LogP) is 4.83. The SMILES string of the molecule is CCCCCC(CBr)Cc1cccc(OC)c1. The van der Waals surface area contributed by atoms with Gasteiger partial charge in [0.25, 0.3) is 0 Å². The van der Waals surface area contributed by atoms with Crippen molar-refractivity contribution in [1.29, 1.82) is 0 Å². The Morgan fingerprint density at radius 1 is 1.29 bits per heavy atom. The van der Waals surface area contributed by atoms with Gasteiger partial charge in [0.05, 0.1) is 7.11 Å². The Bertz CT molecular complexity index is 312. The van der Waals surface area contributed by atoms with Crippen LogP contribution in [0.2, 0.25) is 0 Å². The first kappa shape index (κ1) is 14.6. The molecule has 0 amide bonds. The van der Waals surface area contributed by atoms with Gasteiger partial charge < -0.3 is 4.74 Å². The number of hydrogen-bond donors (Lipinski definition) is 0. The second-order valence-electron chi connectivity index (χ2n) is 4.57. The standard InChI is InChI=1S/C15H23BrO/c1-3-4-5-7-14(12-16)10-13-8-6-9-15(11-13)17-2/h6,8-9,11,14H,3-5,7,10,12H2,1-2H3. The van der Waals surface area contributed by atoms with Crippen LogP contribution >= 0.6 is 15.9 Å². The maximum absolute atomic E-state index is 5.26. The van der Waals surface area contributed by atoms with Crippen LogP contribution in [0.3, 0.4) is 0 Å². The monoisotopic (exact) mass is 298 g/mol. The van der Waals surface area contributed by atoms with Crippen molar-refractivity contribution in [2.45, 2.75) is 39.0 Å². The van der Waals surface area contributed by atoms with E-state index in [1.807, 2.05) is 6.07 Å². The first-order chi connectivity index (χ1) is 8.30. The number of halogens is 1. The van der Waals surface area contributed by atoms with Crippen molar-refractivity contribution in [2.75, 3.05) is 12.4 Å². The topological polar surface area (TPSA) is 9.23 Å². The van der Waals surface area contributed by atoms with Gasteiger partial charge in [-0.3, -0.25) is 0 Å². The van der Waals surface area contributed by atoms with E-state index < -0.39 is 0 Å². The third-order valence-corrected chi connectivity index (χ3v) is 4.01. The summed E-state index contributed by atoms with van der Waals surface area (Å²) in [5.74, 6) is 1.71. The normalized spacial score (nSPS) is 12.4. The van der Waals surface area contributed by atoms with Gasteiger partial charge in [0.15, 0.2) is 0 Å². The van der Waals surface area contributed by atoms with Crippen LogP contribution in [0.25, 0.3) is 0 Å². The minimum absolute atomic E-state index is 0.744. The fourth-order valence-electron chi connectivity index (χ4n) is 2.05. The highest BCUT2D eigenvalue weighted by atomic mass is 79.9. The number of hydrogen-bond acceptors (Lipinski definition) is 1. The average molecular weight is 299 g/mol. The molecule has 0 aromatic heterocycles. The summed E-state index contributed by atoms with van der Waals surface area (Å²) < 4.78 is 5.26. The molecule has 0 N–H and O–H groups in total. The minimum atomic E-state index is 0.744. The molecule has 0 saturated heterocycles. The lowest BCUT2D eigenvalue weighted by molar-refractivity contribution is 0.413. The van der Waals surface area contributed by atoms with Gasteiger partial charge in [0, 0.05) is 5.33 Å². The van der Waals surface area contributed by atoms with Gasteiger partial charge in [-0.25, -0.2) is 0 Å². The maximum Gasteiger partial charge on any atom is 0.119 e. The van der Waals surface area contributed by atoms with Crippen LogP contribution < -0.4 is 4.74 Å². The van der Waals surface area contributed by atoms with E-state index in [0.717, 1.165) is 23.4 Å². The molecule has 0 aliphatic heterocycles. The Balaban J connectivity index is 2.48. The van der Waals surface area contributed by atoms with E-state index in [9.17, 15) is 0 Å². The second kappa shape index (κ2) is 8.57. The zero-order chi connectivity index (χ0) is 12.5. The highest BCUT2D eigenvalue weighted by molar-refractivity contribution is 9.09. The molecule has 0 spiro atoms. The summed E-state index contributed by atoms with van der Waals surface area (Å²) in [5.41, 5.74) is 1.38. The van der Waals surface area contributed by atoms with E-state index in [-0.39, 0.29) is 0 Å². The van der Waals surface area contributed by atoms with Gasteiger partial charge in [-0.2, -0.15) is 0 Å². The molecule has 96 valence electrons. The molecule has 17 heavy (non-hydrogen) atoms. The molecule has 1 unspecified atom stereocenters. The van der Waals surface area contributed by atoms with E-state index in [1.54, 1.807) is 7.11 Å². The molecule has 1 rings (SSSR count). The van der Waals surface area contributed by atoms with Gasteiger partial charge in [-0.1, -0.05) is 54.2 Å². The quantitative estimate of drug-likeness (QED) is 0.493. The fraction of sp³-hybridized carbons (Fsp3) is 0.600. The minimum Gasteiger partial charge on any atom is -0.497 e. The number of ether oxygens (including phenoxy) is 1. The van der Waals surface area contributed by atoms with Crippen LogP contribution in [-0.2, 0) is 6.42 Å². The molecule has 0 radical (unpaired) electrons. The lowest BCUT2D eigenvalue weighted by atomic mass is 9.95. The first-order valence-electron chi connectivity index (χ1n) is 6.49. The smallest absolute Gasteiger partial charge is 0.119 e. The van der Waals surface area contributed by atoms with Crippen molar-refractivity contribution in [3.05, 3.63) is 29.8 Å². The van der Waals surface area contributed by atoms with Crippen LogP contribution in [0.5, 0.6) is 5.75 Å². The highest BCUT2D eigenvalue weighted by Crippen LogP contribution is 2.20. The Kier molecular flexibility index (Phi) is 7.34. The maximum atomic E-state index is 5.26. The van der Waals surface area contributed by atoms with Crippen LogP contribution in [0, 0.1) is 5.92 Å². The predicted molar refractivity (Wildman–Crippen MR) is 78.1 cm³/mol. The Hall–Kier alpha value is -0.500. The molecule has 0 bridgehead atoms. The van der Waals surface area contributed by atoms with Crippen LogP contribution in [0.15, 0.2) is 24.3 Å². The fourth-order valence-corrected chi connectivity index (χ4v) is 2.60. The number of methoxy groups -OCH3 is 1. The largest absolute Gasteiger partial charge is 0.497 e. The molecular weight excluding hydrogens is 276 g/mol. The number of unbranched alkanes of at least 4 members (excludes halogenated alkanes) is 2. The molecule has 0 fully saturated rings. The summed E-state index contributed by atoms with van der Waals surface area (Å²) in [6.45, 7) is 2.26. The molecule has 0 aliphatic rings. The Morgan fingerprint density at radius 3 is 2.76 bits per heavy atom. The summed E-state index contributed by atoms with van der Waals surface area (Å²) in [7, 11) is 1.72. The van der Waals surface area contributed by atoms with Gasteiger partial charge in [-0.15, -0.1) is 0 Å². The summed E-state index contributed by atoms with van der Waals surface area (Å²) in [6.07, 6.45) is 6.45. The molecule has 0 heterocycles. The Morgan fingerprint density at radius 2 is 2.12 bits per heavy atom. The molecule has 0 aliphatic carbocycles. The van der Waals surface area contributed by atoms with Crippen LogP contribution in [0.1, 0.15) is 38.2 Å². The van der Waals surface area contributed by atoms with E-state index >= 15 is 0 Å². The lowest BCUT2D eigenvalue weighted by Gasteiger charge is -2.14. The Labute approximate surface area is 114 Å². The summed E-state index contributed by atoms with van der Waals surface area (Å²) in [6, 6.07) is 8.42. The van der Waals surface area contributed by atoms with Crippen molar-refractivity contribution < 1.29 is 4.74 Å². The molecular formula is C15H23BrO. The highest BCUT2D eigenvalue weighted by Gasteiger charge is 2.08.